The maximum atomic E-state index is 12.6. The van der Waals surface area contributed by atoms with Gasteiger partial charge in [-0.3, -0.25) is 9.59 Å². The zero-order valence-electron chi connectivity index (χ0n) is 12.5. The summed E-state index contributed by atoms with van der Waals surface area (Å²) in [5.41, 5.74) is 3.28. The highest BCUT2D eigenvalue weighted by atomic mass is 16.2. The molecule has 0 fully saturated rings. The second-order valence-corrected chi connectivity index (χ2v) is 5.37. The maximum absolute atomic E-state index is 12.6. The number of rotatable bonds is 2. The van der Waals surface area contributed by atoms with Crippen molar-refractivity contribution in [3.05, 3.63) is 71.8 Å². The standard InChI is InChI=1S/C19H17NO2/c1-14(15-7-3-2-4-8-15)13-19(22)20-12-11-18(21)16-9-5-6-10-17(16)20/h2-10,13H,11-12H2,1H3/b14-13+. The lowest BCUT2D eigenvalue weighted by molar-refractivity contribution is -0.114. The molecule has 1 aliphatic rings. The van der Waals surface area contributed by atoms with E-state index in [0.29, 0.717) is 24.2 Å². The van der Waals surface area contributed by atoms with Crippen LogP contribution < -0.4 is 4.90 Å². The summed E-state index contributed by atoms with van der Waals surface area (Å²) >= 11 is 0. The highest BCUT2D eigenvalue weighted by Crippen LogP contribution is 2.27. The Hall–Kier alpha value is -2.68. The van der Waals surface area contributed by atoms with Crippen molar-refractivity contribution in [2.24, 2.45) is 0 Å². The quantitative estimate of drug-likeness (QED) is 0.791. The third kappa shape index (κ3) is 2.70. The zero-order valence-corrected chi connectivity index (χ0v) is 12.5. The van der Waals surface area contributed by atoms with Crippen LogP contribution in [0.25, 0.3) is 5.57 Å². The van der Waals surface area contributed by atoms with Crippen LogP contribution in [0.2, 0.25) is 0 Å². The van der Waals surface area contributed by atoms with Gasteiger partial charge >= 0.3 is 0 Å². The molecule has 0 atom stereocenters. The number of hydrogen-bond donors (Lipinski definition) is 0. The lowest BCUT2D eigenvalue weighted by Gasteiger charge is -2.27. The molecule has 0 saturated carbocycles. The number of fused-ring (bicyclic) bond motifs is 1. The van der Waals surface area contributed by atoms with Crippen LogP contribution in [0.15, 0.2) is 60.7 Å². The van der Waals surface area contributed by atoms with Crippen molar-refractivity contribution in [3.8, 4) is 0 Å². The summed E-state index contributed by atoms with van der Waals surface area (Å²) in [5, 5.41) is 0. The number of para-hydroxylation sites is 1. The number of benzene rings is 2. The molecule has 0 spiro atoms. The van der Waals surface area contributed by atoms with E-state index in [2.05, 4.69) is 0 Å². The summed E-state index contributed by atoms with van der Waals surface area (Å²) < 4.78 is 0. The van der Waals surface area contributed by atoms with Gasteiger partial charge in [0, 0.05) is 24.6 Å². The minimum Gasteiger partial charge on any atom is -0.308 e. The van der Waals surface area contributed by atoms with Crippen LogP contribution in [0.1, 0.15) is 29.3 Å². The van der Waals surface area contributed by atoms with Gasteiger partial charge in [0.05, 0.1) is 5.69 Å². The van der Waals surface area contributed by atoms with Gasteiger partial charge in [-0.15, -0.1) is 0 Å². The number of anilines is 1. The van der Waals surface area contributed by atoms with Crippen LogP contribution in [0, 0.1) is 0 Å². The first-order valence-corrected chi connectivity index (χ1v) is 7.34. The highest BCUT2D eigenvalue weighted by Gasteiger charge is 2.25. The molecule has 3 heteroatoms. The van der Waals surface area contributed by atoms with E-state index < -0.39 is 0 Å². The van der Waals surface area contributed by atoms with Crippen molar-refractivity contribution in [2.75, 3.05) is 11.4 Å². The maximum Gasteiger partial charge on any atom is 0.251 e. The Morgan fingerprint density at radius 1 is 1.05 bits per heavy atom. The molecular weight excluding hydrogens is 274 g/mol. The Bertz CT molecular complexity index is 747. The molecule has 2 aromatic carbocycles. The topological polar surface area (TPSA) is 37.4 Å². The first kappa shape index (κ1) is 14.3. The average Bonchev–Trinajstić information content (AvgIpc) is 2.56. The van der Waals surface area contributed by atoms with Crippen LogP contribution in [0.4, 0.5) is 5.69 Å². The number of hydrogen-bond acceptors (Lipinski definition) is 2. The van der Waals surface area contributed by atoms with Crippen molar-refractivity contribution < 1.29 is 9.59 Å². The summed E-state index contributed by atoms with van der Waals surface area (Å²) in [6.07, 6.45) is 2.02. The molecule has 2 aromatic rings. The van der Waals surface area contributed by atoms with Crippen molar-refractivity contribution in [2.45, 2.75) is 13.3 Å². The Kier molecular flexibility index (Phi) is 3.88. The summed E-state index contributed by atoms with van der Waals surface area (Å²) in [7, 11) is 0. The number of carbonyl (C=O) groups excluding carboxylic acids is 2. The van der Waals surface area contributed by atoms with Crippen molar-refractivity contribution >= 4 is 23.0 Å². The van der Waals surface area contributed by atoms with Crippen LogP contribution >= 0.6 is 0 Å². The summed E-state index contributed by atoms with van der Waals surface area (Å²) in [6, 6.07) is 17.1. The van der Waals surface area contributed by atoms with E-state index in [-0.39, 0.29) is 11.7 Å². The second-order valence-electron chi connectivity index (χ2n) is 5.37. The Labute approximate surface area is 129 Å². The molecule has 3 rings (SSSR count). The van der Waals surface area contributed by atoms with E-state index in [1.54, 1.807) is 17.0 Å². The molecule has 3 nitrogen and oxygen atoms in total. The normalized spacial score (nSPS) is 14.7. The minimum atomic E-state index is -0.0821. The van der Waals surface area contributed by atoms with Gasteiger partial charge < -0.3 is 4.90 Å². The fourth-order valence-corrected chi connectivity index (χ4v) is 2.69. The largest absolute Gasteiger partial charge is 0.308 e. The van der Waals surface area contributed by atoms with E-state index in [0.717, 1.165) is 11.1 Å². The van der Waals surface area contributed by atoms with Crippen LogP contribution in [-0.2, 0) is 4.79 Å². The second kappa shape index (κ2) is 5.98. The smallest absolute Gasteiger partial charge is 0.251 e. The van der Waals surface area contributed by atoms with Gasteiger partial charge in [0.15, 0.2) is 5.78 Å². The average molecular weight is 291 g/mol. The molecule has 0 radical (unpaired) electrons. The van der Waals surface area contributed by atoms with E-state index in [1.165, 1.54) is 0 Å². The van der Waals surface area contributed by atoms with Gasteiger partial charge in [-0.05, 0) is 30.2 Å². The molecule has 1 heterocycles. The Morgan fingerprint density at radius 2 is 1.73 bits per heavy atom. The van der Waals surface area contributed by atoms with Crippen molar-refractivity contribution in [1.82, 2.24) is 0 Å². The highest BCUT2D eigenvalue weighted by molar-refractivity contribution is 6.12. The van der Waals surface area contributed by atoms with Crippen LogP contribution in [0.5, 0.6) is 0 Å². The van der Waals surface area contributed by atoms with E-state index in [4.69, 9.17) is 0 Å². The molecule has 110 valence electrons. The van der Waals surface area contributed by atoms with Crippen molar-refractivity contribution in [1.29, 1.82) is 0 Å². The van der Waals surface area contributed by atoms with Crippen molar-refractivity contribution in [3.63, 3.8) is 0 Å². The molecule has 0 bridgehead atoms. The number of Topliss-reactive ketones (excluding diaryl/α,β-unsaturated/α-hetero) is 1. The van der Waals surface area contributed by atoms with E-state index >= 15 is 0 Å². The summed E-state index contributed by atoms with van der Waals surface area (Å²) in [5.74, 6) is 0.0183. The molecule has 0 aliphatic carbocycles. The van der Waals surface area contributed by atoms with Gasteiger partial charge in [-0.2, -0.15) is 0 Å². The number of nitrogens with zero attached hydrogens (tertiary/aromatic N) is 1. The lowest BCUT2D eigenvalue weighted by Crippen LogP contribution is -2.36. The van der Waals surface area contributed by atoms with Gasteiger partial charge in [-0.25, -0.2) is 0 Å². The van der Waals surface area contributed by atoms with Gasteiger partial charge in [-0.1, -0.05) is 42.5 Å². The minimum absolute atomic E-state index is 0.0821. The monoisotopic (exact) mass is 291 g/mol. The molecule has 22 heavy (non-hydrogen) atoms. The fraction of sp³-hybridized carbons (Fsp3) is 0.158. The first-order chi connectivity index (χ1) is 10.7. The summed E-state index contributed by atoms with van der Waals surface area (Å²) in [6.45, 7) is 2.36. The number of allylic oxidation sites excluding steroid dienone is 1. The van der Waals surface area contributed by atoms with Gasteiger partial charge in [0.2, 0.25) is 0 Å². The molecule has 0 N–H and O–H groups in total. The fourth-order valence-electron chi connectivity index (χ4n) is 2.69. The van der Waals surface area contributed by atoms with E-state index in [1.807, 2.05) is 55.5 Å². The van der Waals surface area contributed by atoms with Crippen LogP contribution in [0.3, 0.4) is 0 Å². The molecule has 0 saturated heterocycles. The SMILES string of the molecule is C/C(=C\C(=O)N1CCC(=O)c2ccccc21)c1ccccc1. The predicted octanol–water partition coefficient (Wildman–Crippen LogP) is 3.71. The Balaban J connectivity index is 1.91. The molecule has 0 unspecified atom stereocenters. The molecule has 0 aromatic heterocycles. The molecular formula is C19H17NO2. The number of ketones is 1. The van der Waals surface area contributed by atoms with Gasteiger partial charge in [0.1, 0.15) is 0 Å². The van der Waals surface area contributed by atoms with Crippen LogP contribution in [-0.4, -0.2) is 18.2 Å². The zero-order chi connectivity index (χ0) is 15.5. The van der Waals surface area contributed by atoms with E-state index in [9.17, 15) is 9.59 Å². The molecule has 1 aliphatic heterocycles. The Morgan fingerprint density at radius 3 is 2.50 bits per heavy atom. The number of carbonyl (C=O) groups is 2. The third-order valence-electron chi connectivity index (χ3n) is 3.89. The predicted molar refractivity (Wildman–Crippen MR) is 87.8 cm³/mol. The first-order valence-electron chi connectivity index (χ1n) is 7.34. The third-order valence-corrected chi connectivity index (χ3v) is 3.89. The number of amides is 1. The summed E-state index contributed by atoms with van der Waals surface area (Å²) in [4.78, 5) is 26.2. The molecule has 1 amide bonds. The lowest BCUT2D eigenvalue weighted by atomic mass is 10.00. The van der Waals surface area contributed by atoms with Gasteiger partial charge in [0.25, 0.3) is 5.91 Å².